The quantitative estimate of drug-likeness (QED) is 0.527. The molecule has 0 radical (unpaired) electrons. The van der Waals surface area contributed by atoms with Gasteiger partial charge in [-0.1, -0.05) is 0 Å². The Hall–Kier alpha value is -2.34. The van der Waals surface area contributed by atoms with Gasteiger partial charge in [0.05, 0.1) is 10.3 Å². The van der Waals surface area contributed by atoms with E-state index in [1.54, 1.807) is 0 Å². The zero-order chi connectivity index (χ0) is 25.2. The third-order valence-electron chi connectivity index (χ3n) is 7.29. The van der Waals surface area contributed by atoms with Crippen LogP contribution in [0.3, 0.4) is 0 Å². The minimum atomic E-state index is -4.90. The SMILES string of the molecule is CC(C)(NS(=O)(=O)c1ccc(OC(F)(F)F)cc1)C(=O)NC12CC3CC(C1)CC(C(N)=O)(C3)C2. The molecule has 5 rings (SSSR count). The van der Waals surface area contributed by atoms with Crippen molar-refractivity contribution in [1.82, 2.24) is 10.0 Å². The number of hydrogen-bond donors (Lipinski definition) is 3. The van der Waals surface area contributed by atoms with Crippen LogP contribution in [-0.4, -0.2) is 37.7 Å². The van der Waals surface area contributed by atoms with E-state index >= 15 is 0 Å². The number of carbonyl (C=O) groups excluding carboxylic acids is 2. The maximum Gasteiger partial charge on any atom is 0.573 e. The first kappa shape index (κ1) is 24.8. The van der Waals surface area contributed by atoms with Crippen LogP contribution in [0.25, 0.3) is 0 Å². The molecule has 0 aliphatic heterocycles. The van der Waals surface area contributed by atoms with E-state index in [0.717, 1.165) is 43.5 Å². The van der Waals surface area contributed by atoms with Gasteiger partial charge in [0.15, 0.2) is 0 Å². The van der Waals surface area contributed by atoms with Gasteiger partial charge in [-0.2, -0.15) is 4.72 Å². The van der Waals surface area contributed by atoms with Crippen LogP contribution in [0.5, 0.6) is 5.75 Å². The fraction of sp³-hybridized carbons (Fsp3) is 0.636. The molecule has 12 heteroatoms. The second kappa shape index (κ2) is 7.84. The molecule has 1 aromatic rings. The third kappa shape index (κ3) is 4.74. The van der Waals surface area contributed by atoms with Crippen molar-refractivity contribution < 1.29 is 35.9 Å². The van der Waals surface area contributed by atoms with Gasteiger partial charge in [-0.15, -0.1) is 13.2 Å². The van der Waals surface area contributed by atoms with Crippen molar-refractivity contribution in [1.29, 1.82) is 0 Å². The number of hydrogen-bond acceptors (Lipinski definition) is 5. The molecule has 2 unspecified atom stereocenters. The summed E-state index contributed by atoms with van der Waals surface area (Å²) < 4.78 is 68.8. The summed E-state index contributed by atoms with van der Waals surface area (Å²) in [7, 11) is -4.24. The second-order valence-electron chi connectivity index (χ2n) is 10.6. The number of alkyl halides is 3. The molecule has 0 aromatic heterocycles. The molecule has 0 spiro atoms. The number of nitrogens with two attached hydrogens (primary N) is 1. The summed E-state index contributed by atoms with van der Waals surface area (Å²) in [5.41, 5.74) is 2.93. The topological polar surface area (TPSA) is 128 Å². The number of halogens is 3. The number of sulfonamides is 1. The van der Waals surface area contributed by atoms with Gasteiger partial charge < -0.3 is 15.8 Å². The Balaban J connectivity index is 1.48. The molecule has 4 N–H and O–H groups in total. The Morgan fingerprint density at radius 1 is 1.06 bits per heavy atom. The zero-order valence-electron chi connectivity index (χ0n) is 18.9. The molecule has 8 nitrogen and oxygen atoms in total. The average molecular weight is 504 g/mol. The fourth-order valence-electron chi connectivity index (χ4n) is 6.36. The Morgan fingerprint density at radius 3 is 2.12 bits per heavy atom. The lowest BCUT2D eigenvalue weighted by Gasteiger charge is -2.61. The molecule has 0 saturated heterocycles. The Morgan fingerprint density at radius 2 is 1.62 bits per heavy atom. The first-order valence-corrected chi connectivity index (χ1v) is 12.5. The van der Waals surface area contributed by atoms with Gasteiger partial charge in [-0.3, -0.25) is 9.59 Å². The molecule has 2 amide bonds. The number of rotatable bonds is 7. The highest BCUT2D eigenvalue weighted by atomic mass is 32.2. The van der Waals surface area contributed by atoms with Gasteiger partial charge in [0, 0.05) is 5.54 Å². The number of nitrogens with one attached hydrogen (secondary N) is 2. The normalized spacial score (nSPS) is 30.7. The predicted octanol–water partition coefficient (Wildman–Crippen LogP) is 2.58. The lowest BCUT2D eigenvalue weighted by molar-refractivity contribution is -0.274. The summed E-state index contributed by atoms with van der Waals surface area (Å²) in [6, 6.07) is 3.70. The minimum Gasteiger partial charge on any atom is -0.406 e. The summed E-state index contributed by atoms with van der Waals surface area (Å²) in [5.74, 6) is -0.890. The maximum atomic E-state index is 13.2. The van der Waals surface area contributed by atoms with Crippen LogP contribution in [0.2, 0.25) is 0 Å². The van der Waals surface area contributed by atoms with Crippen molar-refractivity contribution >= 4 is 21.8 Å². The minimum absolute atomic E-state index is 0.284. The van der Waals surface area contributed by atoms with Crippen LogP contribution >= 0.6 is 0 Å². The van der Waals surface area contributed by atoms with Gasteiger partial charge in [-0.05, 0) is 88.5 Å². The van der Waals surface area contributed by atoms with E-state index < -0.39 is 44.5 Å². The van der Waals surface area contributed by atoms with Crippen LogP contribution in [0.15, 0.2) is 29.2 Å². The van der Waals surface area contributed by atoms with Crippen LogP contribution < -0.4 is 20.5 Å². The summed E-state index contributed by atoms with van der Waals surface area (Å²) in [4.78, 5) is 25.2. The molecule has 34 heavy (non-hydrogen) atoms. The van der Waals surface area contributed by atoms with E-state index in [0.29, 0.717) is 19.3 Å². The highest BCUT2D eigenvalue weighted by molar-refractivity contribution is 7.89. The van der Waals surface area contributed by atoms with E-state index in [2.05, 4.69) is 14.8 Å². The molecule has 4 saturated carbocycles. The van der Waals surface area contributed by atoms with Gasteiger partial charge in [0.2, 0.25) is 21.8 Å². The molecule has 4 bridgehead atoms. The lowest BCUT2D eigenvalue weighted by Crippen LogP contribution is -2.68. The van der Waals surface area contributed by atoms with Gasteiger partial charge in [-0.25, -0.2) is 8.42 Å². The highest BCUT2D eigenvalue weighted by Gasteiger charge is 2.61. The maximum absolute atomic E-state index is 13.2. The highest BCUT2D eigenvalue weighted by Crippen LogP contribution is 2.61. The standard InChI is InChI=1S/C22H28F3N3O5S/c1-19(2,28-34(31,32)16-5-3-15(4-6-16)33-22(23,24)25)18(30)27-21-10-13-7-14(11-21)9-20(8-13,12-21)17(26)29/h3-6,13-14,28H,7-12H2,1-2H3,(H2,26,29)(H,27,30). The molecule has 4 fully saturated rings. The van der Waals surface area contributed by atoms with Crippen LogP contribution in [0, 0.1) is 17.3 Å². The number of benzene rings is 1. The van der Waals surface area contributed by atoms with E-state index in [4.69, 9.17) is 5.73 Å². The molecule has 1 aromatic carbocycles. The Bertz CT molecular complexity index is 1090. The van der Waals surface area contributed by atoms with E-state index in [1.807, 2.05) is 0 Å². The van der Waals surface area contributed by atoms with Crippen molar-refractivity contribution in [3.05, 3.63) is 24.3 Å². The van der Waals surface area contributed by atoms with E-state index in [-0.39, 0.29) is 22.6 Å². The first-order valence-electron chi connectivity index (χ1n) is 11.1. The van der Waals surface area contributed by atoms with Crippen molar-refractivity contribution in [2.75, 3.05) is 0 Å². The van der Waals surface area contributed by atoms with Crippen molar-refractivity contribution in [2.45, 2.75) is 74.7 Å². The van der Waals surface area contributed by atoms with Crippen LogP contribution in [-0.2, 0) is 19.6 Å². The van der Waals surface area contributed by atoms with Gasteiger partial charge in [0.1, 0.15) is 11.3 Å². The smallest absolute Gasteiger partial charge is 0.406 e. The summed E-state index contributed by atoms with van der Waals surface area (Å²) in [5, 5.41) is 3.03. The largest absolute Gasteiger partial charge is 0.573 e. The molecule has 4 aliphatic carbocycles. The van der Waals surface area contributed by atoms with Gasteiger partial charge >= 0.3 is 6.36 Å². The monoisotopic (exact) mass is 503 g/mol. The second-order valence-corrected chi connectivity index (χ2v) is 12.3. The first-order chi connectivity index (χ1) is 15.5. The third-order valence-corrected chi connectivity index (χ3v) is 8.96. The molecular weight excluding hydrogens is 475 g/mol. The van der Waals surface area contributed by atoms with Crippen molar-refractivity contribution in [3.63, 3.8) is 0 Å². The number of ether oxygens (including phenoxy) is 1. The van der Waals surface area contributed by atoms with E-state index in [1.165, 1.54) is 13.8 Å². The number of amides is 2. The molecule has 0 heterocycles. The van der Waals surface area contributed by atoms with Crippen molar-refractivity contribution in [2.24, 2.45) is 23.0 Å². The Kier molecular flexibility index (Phi) is 5.71. The lowest BCUT2D eigenvalue weighted by atomic mass is 9.46. The summed E-state index contributed by atoms with van der Waals surface area (Å²) >= 11 is 0. The Labute approximate surface area is 195 Å². The van der Waals surface area contributed by atoms with Crippen LogP contribution in [0.1, 0.15) is 52.4 Å². The predicted molar refractivity (Wildman–Crippen MR) is 115 cm³/mol. The molecule has 2 atom stereocenters. The molecule has 188 valence electrons. The van der Waals surface area contributed by atoms with Crippen molar-refractivity contribution in [3.8, 4) is 5.75 Å². The zero-order valence-corrected chi connectivity index (χ0v) is 19.7. The average Bonchev–Trinajstić information content (AvgIpc) is 2.64. The summed E-state index contributed by atoms with van der Waals surface area (Å²) in [6.07, 6.45) is -0.583. The number of primary amides is 1. The van der Waals surface area contributed by atoms with E-state index in [9.17, 15) is 31.2 Å². The molecule has 4 aliphatic rings. The molecular formula is C22H28F3N3O5S. The summed E-state index contributed by atoms with van der Waals surface area (Å²) in [6.45, 7) is 2.82. The number of carbonyl (C=O) groups is 2. The van der Waals surface area contributed by atoms with Crippen LogP contribution in [0.4, 0.5) is 13.2 Å². The van der Waals surface area contributed by atoms with Gasteiger partial charge in [0.25, 0.3) is 0 Å². The fourth-order valence-corrected chi connectivity index (χ4v) is 7.73.